The maximum absolute atomic E-state index is 11.0. The summed E-state index contributed by atoms with van der Waals surface area (Å²) in [5.74, 6) is 1.01. The fraction of sp³-hybridized carbons (Fsp3) is 0.364. The molecule has 0 aliphatic carbocycles. The van der Waals surface area contributed by atoms with Gasteiger partial charge in [-0.05, 0) is 48.1 Å². The van der Waals surface area contributed by atoms with Crippen LogP contribution in [0.15, 0.2) is 42.6 Å². The van der Waals surface area contributed by atoms with E-state index in [1.54, 1.807) is 12.3 Å². The van der Waals surface area contributed by atoms with Gasteiger partial charge in [-0.1, -0.05) is 50.6 Å². The number of benzene rings is 1. The Morgan fingerprint density at radius 2 is 2.04 bits per heavy atom. The number of carbonyl (C=O) groups is 1. The molecule has 0 unspecified atom stereocenters. The Labute approximate surface area is 166 Å². The van der Waals surface area contributed by atoms with Crippen LogP contribution in [0.3, 0.4) is 0 Å². The van der Waals surface area contributed by atoms with Crippen LogP contribution in [0.5, 0.6) is 11.6 Å². The summed E-state index contributed by atoms with van der Waals surface area (Å²) in [7, 11) is 0. The molecule has 0 bridgehead atoms. The maximum Gasteiger partial charge on any atom is 0.219 e. The van der Waals surface area contributed by atoms with Crippen molar-refractivity contribution in [1.29, 1.82) is 0 Å². The van der Waals surface area contributed by atoms with Crippen molar-refractivity contribution in [3.63, 3.8) is 0 Å². The SMILES string of the molecule is CC(=O)N[C@@H](C)/C=C/c1ccc(Oc2ccc(CC(C)(C)C)cc2Cl)nc1. The average Bonchev–Trinajstić information content (AvgIpc) is 2.54. The Hall–Kier alpha value is -2.33. The largest absolute Gasteiger partial charge is 0.437 e. The van der Waals surface area contributed by atoms with Crippen molar-refractivity contribution in [3.8, 4) is 11.6 Å². The molecule has 1 atom stereocenters. The lowest BCUT2D eigenvalue weighted by Gasteiger charge is -2.18. The number of ether oxygens (including phenoxy) is 1. The number of hydrogen-bond acceptors (Lipinski definition) is 3. The number of nitrogens with zero attached hydrogens (tertiary/aromatic N) is 1. The van der Waals surface area contributed by atoms with Crippen molar-refractivity contribution in [2.45, 2.75) is 47.1 Å². The van der Waals surface area contributed by atoms with Crippen molar-refractivity contribution >= 4 is 23.6 Å². The van der Waals surface area contributed by atoms with E-state index in [2.05, 4.69) is 31.1 Å². The Balaban J connectivity index is 2.02. The van der Waals surface area contributed by atoms with E-state index in [9.17, 15) is 4.79 Å². The molecule has 2 rings (SSSR count). The molecule has 144 valence electrons. The van der Waals surface area contributed by atoms with Crippen molar-refractivity contribution in [3.05, 3.63) is 58.8 Å². The number of aromatic nitrogens is 1. The van der Waals surface area contributed by atoms with Gasteiger partial charge in [0.15, 0.2) is 0 Å². The van der Waals surface area contributed by atoms with Gasteiger partial charge in [-0.15, -0.1) is 0 Å². The third-order valence-corrected chi connectivity index (χ3v) is 4.01. The zero-order valence-electron chi connectivity index (χ0n) is 16.5. The second-order valence-corrected chi connectivity index (χ2v) is 8.29. The molecular weight excluding hydrogens is 360 g/mol. The first-order valence-corrected chi connectivity index (χ1v) is 9.38. The normalized spacial score (nSPS) is 12.8. The van der Waals surface area contributed by atoms with Gasteiger partial charge < -0.3 is 10.1 Å². The molecular formula is C22H27ClN2O2. The first kappa shape index (κ1) is 21.0. The quantitative estimate of drug-likeness (QED) is 0.697. The molecule has 0 spiro atoms. The van der Waals surface area contributed by atoms with Crippen LogP contribution < -0.4 is 10.1 Å². The first-order valence-electron chi connectivity index (χ1n) is 9.00. The van der Waals surface area contributed by atoms with Gasteiger partial charge in [0.2, 0.25) is 11.8 Å². The second kappa shape index (κ2) is 9.05. The number of pyridine rings is 1. The summed E-state index contributed by atoms with van der Waals surface area (Å²) in [6.07, 6.45) is 6.48. The van der Waals surface area contributed by atoms with Crippen LogP contribution in [0.25, 0.3) is 6.08 Å². The van der Waals surface area contributed by atoms with E-state index < -0.39 is 0 Å². The molecule has 1 aromatic heterocycles. The highest BCUT2D eigenvalue weighted by molar-refractivity contribution is 6.32. The highest BCUT2D eigenvalue weighted by Crippen LogP contribution is 2.31. The van der Waals surface area contributed by atoms with Gasteiger partial charge in [-0.25, -0.2) is 4.98 Å². The second-order valence-electron chi connectivity index (χ2n) is 7.88. The number of amides is 1. The molecule has 0 fully saturated rings. The maximum atomic E-state index is 11.0. The summed E-state index contributed by atoms with van der Waals surface area (Å²) < 4.78 is 5.80. The van der Waals surface area contributed by atoms with Crippen molar-refractivity contribution < 1.29 is 9.53 Å². The van der Waals surface area contributed by atoms with Gasteiger partial charge >= 0.3 is 0 Å². The fourth-order valence-electron chi connectivity index (χ4n) is 2.64. The minimum absolute atomic E-state index is 0.0381. The van der Waals surface area contributed by atoms with Crippen LogP contribution in [0, 0.1) is 5.41 Å². The molecule has 0 aliphatic rings. The number of nitrogens with one attached hydrogen (secondary N) is 1. The molecule has 1 heterocycles. The minimum Gasteiger partial charge on any atom is -0.437 e. The lowest BCUT2D eigenvalue weighted by Crippen LogP contribution is -2.28. The van der Waals surface area contributed by atoms with Crippen LogP contribution in [0.4, 0.5) is 0 Å². The monoisotopic (exact) mass is 386 g/mol. The number of carbonyl (C=O) groups excluding carboxylic acids is 1. The van der Waals surface area contributed by atoms with Crippen molar-refractivity contribution in [2.75, 3.05) is 0 Å². The van der Waals surface area contributed by atoms with E-state index in [0.29, 0.717) is 16.7 Å². The van der Waals surface area contributed by atoms with Gasteiger partial charge in [0.25, 0.3) is 0 Å². The lowest BCUT2D eigenvalue weighted by molar-refractivity contribution is -0.119. The van der Waals surface area contributed by atoms with E-state index in [0.717, 1.165) is 12.0 Å². The Morgan fingerprint density at radius 3 is 2.59 bits per heavy atom. The standard InChI is InChI=1S/C22H27ClN2O2/c1-15(25-16(2)26)6-7-17-9-11-21(24-14-17)27-20-10-8-18(12-19(20)23)13-22(3,4)5/h6-12,14-15H,13H2,1-5H3,(H,25,26)/b7-6+/t15-/m0/s1. The average molecular weight is 387 g/mol. The predicted molar refractivity (Wildman–Crippen MR) is 111 cm³/mol. The third kappa shape index (κ3) is 7.43. The number of halogens is 1. The van der Waals surface area contributed by atoms with E-state index >= 15 is 0 Å². The van der Waals surface area contributed by atoms with Crippen molar-refractivity contribution in [2.24, 2.45) is 5.41 Å². The van der Waals surface area contributed by atoms with Crippen LogP contribution in [-0.4, -0.2) is 16.9 Å². The summed E-state index contributed by atoms with van der Waals surface area (Å²) in [5, 5.41) is 3.37. The number of hydrogen-bond donors (Lipinski definition) is 1. The molecule has 5 heteroatoms. The summed E-state index contributed by atoms with van der Waals surface area (Å²) in [6, 6.07) is 9.52. The molecule has 2 aromatic rings. The highest BCUT2D eigenvalue weighted by atomic mass is 35.5. The van der Waals surface area contributed by atoms with Gasteiger partial charge in [-0.2, -0.15) is 0 Å². The van der Waals surface area contributed by atoms with Gasteiger partial charge in [0, 0.05) is 25.2 Å². The zero-order chi connectivity index (χ0) is 20.0. The minimum atomic E-state index is -0.0561. The predicted octanol–water partition coefficient (Wildman–Crippen LogP) is 5.65. The Kier molecular flexibility index (Phi) is 7.03. The molecule has 1 amide bonds. The highest BCUT2D eigenvalue weighted by Gasteiger charge is 2.13. The summed E-state index contributed by atoms with van der Waals surface area (Å²) >= 11 is 6.37. The van der Waals surface area contributed by atoms with Gasteiger partial charge in [-0.3, -0.25) is 4.79 Å². The Bertz CT molecular complexity index is 808. The third-order valence-electron chi connectivity index (χ3n) is 3.71. The van der Waals surface area contributed by atoms with E-state index in [-0.39, 0.29) is 17.4 Å². The van der Waals surface area contributed by atoms with Crippen LogP contribution in [0.1, 0.15) is 45.7 Å². The van der Waals surface area contributed by atoms with Crippen LogP contribution in [0.2, 0.25) is 5.02 Å². The van der Waals surface area contributed by atoms with Crippen molar-refractivity contribution in [1.82, 2.24) is 10.3 Å². The molecule has 27 heavy (non-hydrogen) atoms. The zero-order valence-corrected chi connectivity index (χ0v) is 17.3. The van der Waals surface area contributed by atoms with E-state index in [4.69, 9.17) is 16.3 Å². The smallest absolute Gasteiger partial charge is 0.219 e. The summed E-state index contributed by atoms with van der Waals surface area (Å²) in [5.41, 5.74) is 2.31. The molecule has 0 aliphatic heterocycles. The van der Waals surface area contributed by atoms with Gasteiger partial charge in [0.1, 0.15) is 5.75 Å². The first-order chi connectivity index (χ1) is 12.6. The fourth-order valence-corrected chi connectivity index (χ4v) is 2.88. The molecule has 0 saturated carbocycles. The van der Waals surface area contributed by atoms with E-state index in [1.807, 2.05) is 43.3 Å². The summed E-state index contributed by atoms with van der Waals surface area (Å²) in [4.78, 5) is 15.3. The van der Waals surface area contributed by atoms with Crippen LogP contribution >= 0.6 is 11.6 Å². The number of rotatable bonds is 6. The topological polar surface area (TPSA) is 51.2 Å². The molecule has 4 nitrogen and oxygen atoms in total. The molecule has 1 aromatic carbocycles. The van der Waals surface area contributed by atoms with Crippen LogP contribution in [-0.2, 0) is 11.2 Å². The molecule has 0 radical (unpaired) electrons. The van der Waals surface area contributed by atoms with E-state index in [1.165, 1.54) is 12.5 Å². The van der Waals surface area contributed by atoms with Gasteiger partial charge in [0.05, 0.1) is 5.02 Å². The lowest BCUT2D eigenvalue weighted by atomic mass is 9.88. The molecule has 0 saturated heterocycles. The molecule has 1 N–H and O–H groups in total. The summed E-state index contributed by atoms with van der Waals surface area (Å²) in [6.45, 7) is 10.00. The Morgan fingerprint density at radius 1 is 1.30 bits per heavy atom.